The van der Waals surface area contributed by atoms with Crippen molar-refractivity contribution < 1.29 is 14.8 Å². The Bertz CT molecular complexity index is 488. The van der Waals surface area contributed by atoms with Gasteiger partial charge < -0.3 is 10.4 Å². The van der Waals surface area contributed by atoms with Crippen LogP contribution >= 0.6 is 22.6 Å². The van der Waals surface area contributed by atoms with Gasteiger partial charge in [0.1, 0.15) is 0 Å². The molecule has 98 valence electrons. The molecule has 0 aliphatic carbocycles. The number of nitrogens with zero attached hydrogens (tertiary/aromatic N) is 1. The largest absolute Gasteiger partial charge is 0.394 e. The van der Waals surface area contributed by atoms with Crippen LogP contribution in [-0.4, -0.2) is 28.1 Å². The van der Waals surface area contributed by atoms with Gasteiger partial charge in [-0.15, -0.1) is 0 Å². The summed E-state index contributed by atoms with van der Waals surface area (Å²) in [7, 11) is 0. The smallest absolute Gasteiger partial charge is 0.271 e. The zero-order valence-electron chi connectivity index (χ0n) is 9.94. The minimum atomic E-state index is -0.771. The Morgan fingerprint density at radius 3 is 2.61 bits per heavy atom. The van der Waals surface area contributed by atoms with Gasteiger partial charge in [-0.05, 0) is 42.5 Å². The first-order valence-corrected chi connectivity index (χ1v) is 6.21. The molecule has 1 rings (SSSR count). The van der Waals surface area contributed by atoms with Gasteiger partial charge in [-0.2, -0.15) is 0 Å². The molecule has 18 heavy (non-hydrogen) atoms. The van der Waals surface area contributed by atoms with E-state index < -0.39 is 16.4 Å². The molecule has 0 fully saturated rings. The number of halogens is 1. The van der Waals surface area contributed by atoms with Crippen LogP contribution in [0.4, 0.5) is 5.69 Å². The molecule has 1 amide bonds. The number of carbonyl (C=O) groups is 1. The lowest BCUT2D eigenvalue weighted by Crippen LogP contribution is -2.46. The molecule has 0 unspecified atom stereocenters. The standard InChI is InChI=1S/C11H13IN2O4/c1-11(2,6-15)13-10(16)7-3-8(12)5-9(4-7)14(17)18/h3-5,15H,6H2,1-2H3,(H,13,16). The molecule has 6 nitrogen and oxygen atoms in total. The molecule has 0 atom stereocenters. The maximum Gasteiger partial charge on any atom is 0.271 e. The van der Waals surface area contributed by atoms with Gasteiger partial charge >= 0.3 is 0 Å². The lowest BCUT2D eigenvalue weighted by atomic mass is 10.1. The Hall–Kier alpha value is -1.22. The number of hydrogen-bond donors (Lipinski definition) is 2. The van der Waals surface area contributed by atoms with Gasteiger partial charge in [0.2, 0.25) is 0 Å². The van der Waals surface area contributed by atoms with E-state index in [2.05, 4.69) is 5.32 Å². The van der Waals surface area contributed by atoms with Crippen LogP contribution in [0.15, 0.2) is 18.2 Å². The van der Waals surface area contributed by atoms with Crippen LogP contribution in [0.25, 0.3) is 0 Å². The van der Waals surface area contributed by atoms with E-state index in [0.717, 1.165) is 0 Å². The molecule has 0 saturated carbocycles. The van der Waals surface area contributed by atoms with Gasteiger partial charge in [0, 0.05) is 21.3 Å². The summed E-state index contributed by atoms with van der Waals surface area (Å²) in [5.74, 6) is -0.448. The van der Waals surface area contributed by atoms with Crippen LogP contribution in [-0.2, 0) is 0 Å². The number of nitro groups is 1. The van der Waals surface area contributed by atoms with E-state index in [4.69, 9.17) is 5.11 Å². The summed E-state index contributed by atoms with van der Waals surface area (Å²) in [6, 6.07) is 4.15. The van der Waals surface area contributed by atoms with E-state index >= 15 is 0 Å². The molecule has 1 aromatic rings. The predicted molar refractivity (Wildman–Crippen MR) is 74.4 cm³/mol. The zero-order valence-corrected chi connectivity index (χ0v) is 12.1. The Balaban J connectivity index is 3.03. The van der Waals surface area contributed by atoms with E-state index in [1.165, 1.54) is 12.1 Å². The van der Waals surface area contributed by atoms with Gasteiger partial charge in [0.15, 0.2) is 0 Å². The average Bonchev–Trinajstić information content (AvgIpc) is 2.27. The maximum atomic E-state index is 11.9. The highest BCUT2D eigenvalue weighted by molar-refractivity contribution is 14.1. The normalized spacial score (nSPS) is 11.1. The highest BCUT2D eigenvalue weighted by Gasteiger charge is 2.21. The summed E-state index contributed by atoms with van der Waals surface area (Å²) in [4.78, 5) is 22.1. The van der Waals surface area contributed by atoms with Crippen molar-refractivity contribution in [2.24, 2.45) is 0 Å². The van der Waals surface area contributed by atoms with Crippen LogP contribution in [0.1, 0.15) is 24.2 Å². The van der Waals surface area contributed by atoms with Crippen LogP contribution in [0.2, 0.25) is 0 Å². The highest BCUT2D eigenvalue weighted by atomic mass is 127. The third-order valence-electron chi connectivity index (χ3n) is 2.20. The first-order valence-electron chi connectivity index (χ1n) is 5.13. The number of hydrogen-bond acceptors (Lipinski definition) is 4. The number of amides is 1. The molecule has 0 aromatic heterocycles. The van der Waals surface area contributed by atoms with E-state index in [1.54, 1.807) is 19.9 Å². The van der Waals surface area contributed by atoms with Gasteiger partial charge in [0.25, 0.3) is 11.6 Å². The van der Waals surface area contributed by atoms with Gasteiger partial charge in [0.05, 0.1) is 17.1 Å². The van der Waals surface area contributed by atoms with Crippen LogP contribution < -0.4 is 5.32 Å². The van der Waals surface area contributed by atoms with E-state index in [0.29, 0.717) is 3.57 Å². The fourth-order valence-electron chi connectivity index (χ4n) is 1.23. The minimum Gasteiger partial charge on any atom is -0.394 e. The molecule has 0 bridgehead atoms. The molecule has 0 aliphatic rings. The molecular formula is C11H13IN2O4. The topological polar surface area (TPSA) is 92.5 Å². The maximum absolute atomic E-state index is 11.9. The Morgan fingerprint density at radius 1 is 1.50 bits per heavy atom. The molecule has 0 spiro atoms. The van der Waals surface area contributed by atoms with Crippen molar-refractivity contribution >= 4 is 34.2 Å². The summed E-state index contributed by atoms with van der Waals surface area (Å²) >= 11 is 1.91. The fraction of sp³-hybridized carbons (Fsp3) is 0.364. The molecule has 0 heterocycles. The second-order valence-corrected chi connectivity index (χ2v) is 5.70. The Labute approximate surface area is 118 Å². The quantitative estimate of drug-likeness (QED) is 0.483. The van der Waals surface area contributed by atoms with Crippen molar-refractivity contribution in [3.63, 3.8) is 0 Å². The fourth-order valence-corrected chi connectivity index (χ4v) is 1.88. The molecule has 0 radical (unpaired) electrons. The Kier molecular flexibility index (Phi) is 4.63. The zero-order chi connectivity index (χ0) is 13.9. The summed E-state index contributed by atoms with van der Waals surface area (Å²) in [5.41, 5.74) is -0.698. The monoisotopic (exact) mass is 364 g/mol. The van der Waals surface area contributed by atoms with Crippen molar-refractivity contribution in [1.82, 2.24) is 5.32 Å². The number of rotatable bonds is 4. The number of nitrogens with one attached hydrogen (secondary N) is 1. The summed E-state index contributed by atoms with van der Waals surface area (Å²) < 4.78 is 0.605. The predicted octanol–water partition coefficient (Wildman–Crippen LogP) is 1.70. The van der Waals surface area contributed by atoms with Crippen molar-refractivity contribution in [3.05, 3.63) is 37.4 Å². The van der Waals surface area contributed by atoms with Crippen molar-refractivity contribution in [3.8, 4) is 0 Å². The van der Waals surface area contributed by atoms with Crippen molar-refractivity contribution in [2.45, 2.75) is 19.4 Å². The molecule has 7 heteroatoms. The first-order chi connectivity index (χ1) is 8.25. The third-order valence-corrected chi connectivity index (χ3v) is 2.83. The van der Waals surface area contributed by atoms with E-state index in [1.807, 2.05) is 22.6 Å². The molecule has 1 aromatic carbocycles. The summed E-state index contributed by atoms with van der Waals surface area (Å²) in [5, 5.41) is 22.4. The van der Waals surface area contributed by atoms with Crippen LogP contribution in [0.5, 0.6) is 0 Å². The van der Waals surface area contributed by atoms with Gasteiger partial charge in [-0.3, -0.25) is 14.9 Å². The number of carbonyl (C=O) groups excluding carboxylic acids is 1. The molecule has 0 saturated heterocycles. The number of nitro benzene ring substituents is 1. The first kappa shape index (κ1) is 14.8. The van der Waals surface area contributed by atoms with Crippen LogP contribution in [0.3, 0.4) is 0 Å². The summed E-state index contributed by atoms with van der Waals surface area (Å²) in [6.45, 7) is 3.10. The number of aliphatic hydroxyl groups excluding tert-OH is 1. The molecule has 0 aliphatic heterocycles. The SMILES string of the molecule is CC(C)(CO)NC(=O)c1cc(I)cc([N+](=O)[O-])c1. The number of non-ortho nitro benzene ring substituents is 1. The molecular weight excluding hydrogens is 351 g/mol. The van der Waals surface area contributed by atoms with Crippen molar-refractivity contribution in [2.75, 3.05) is 6.61 Å². The van der Waals surface area contributed by atoms with E-state index in [9.17, 15) is 14.9 Å². The second kappa shape index (κ2) is 5.61. The van der Waals surface area contributed by atoms with Crippen LogP contribution in [0, 0.1) is 13.7 Å². The minimum absolute atomic E-state index is 0.131. The lowest BCUT2D eigenvalue weighted by molar-refractivity contribution is -0.385. The number of aliphatic hydroxyl groups is 1. The van der Waals surface area contributed by atoms with E-state index in [-0.39, 0.29) is 17.9 Å². The highest BCUT2D eigenvalue weighted by Crippen LogP contribution is 2.19. The van der Waals surface area contributed by atoms with Gasteiger partial charge in [-0.25, -0.2) is 0 Å². The van der Waals surface area contributed by atoms with Crippen molar-refractivity contribution in [1.29, 1.82) is 0 Å². The third kappa shape index (κ3) is 3.91. The summed E-state index contributed by atoms with van der Waals surface area (Å²) in [6.07, 6.45) is 0. The molecule has 2 N–H and O–H groups in total. The second-order valence-electron chi connectivity index (χ2n) is 4.45. The Morgan fingerprint density at radius 2 is 2.11 bits per heavy atom. The van der Waals surface area contributed by atoms with Gasteiger partial charge in [-0.1, -0.05) is 0 Å². The number of benzene rings is 1. The lowest BCUT2D eigenvalue weighted by Gasteiger charge is -2.23. The average molecular weight is 364 g/mol.